The molecule has 0 saturated carbocycles. The van der Waals surface area contributed by atoms with Crippen molar-refractivity contribution in [1.29, 1.82) is 5.26 Å². The van der Waals surface area contributed by atoms with Crippen LogP contribution < -0.4 is 5.84 Å². The number of pyridine rings is 1. The topological polar surface area (TPSA) is 123 Å². The van der Waals surface area contributed by atoms with Crippen LogP contribution in [0.5, 0.6) is 0 Å². The number of halogens is 1. The zero-order valence-corrected chi connectivity index (χ0v) is 21.9. The van der Waals surface area contributed by atoms with E-state index in [4.69, 9.17) is 11.1 Å². The van der Waals surface area contributed by atoms with Crippen LogP contribution in [-0.4, -0.2) is 65.5 Å². The van der Waals surface area contributed by atoms with Gasteiger partial charge in [0.1, 0.15) is 18.2 Å². The molecule has 2 aliphatic heterocycles. The van der Waals surface area contributed by atoms with Crippen molar-refractivity contribution >= 4 is 30.3 Å². The highest BCUT2D eigenvalue weighted by Gasteiger charge is 2.34. The first-order valence-electron chi connectivity index (χ1n) is 12.3. The summed E-state index contributed by atoms with van der Waals surface area (Å²) < 4.78 is 13.7. The van der Waals surface area contributed by atoms with E-state index < -0.39 is 5.82 Å². The summed E-state index contributed by atoms with van der Waals surface area (Å²) in [5.74, 6) is 6.64. The number of piperazine rings is 1. The third kappa shape index (κ3) is 6.14. The van der Waals surface area contributed by atoms with Crippen LogP contribution in [0.1, 0.15) is 52.3 Å². The molecule has 3 heterocycles. The Morgan fingerprint density at radius 1 is 1.30 bits per heavy atom. The van der Waals surface area contributed by atoms with Crippen LogP contribution in [0.2, 0.25) is 0 Å². The van der Waals surface area contributed by atoms with E-state index in [1.807, 2.05) is 48.0 Å². The van der Waals surface area contributed by atoms with Gasteiger partial charge in [-0.2, -0.15) is 17.0 Å². The van der Waals surface area contributed by atoms with Crippen LogP contribution >= 0.6 is 11.8 Å². The zero-order chi connectivity index (χ0) is 26.4. The fourth-order valence-corrected chi connectivity index (χ4v) is 6.64. The summed E-state index contributed by atoms with van der Waals surface area (Å²) >= 11 is 1.84. The molecular formula is C26H31FN8OS. The predicted molar refractivity (Wildman–Crippen MR) is 142 cm³/mol. The Morgan fingerprint density at radius 2 is 2.14 bits per heavy atom. The van der Waals surface area contributed by atoms with Crippen LogP contribution in [-0.2, 0) is 11.2 Å². The molecule has 2 aromatic rings. The highest BCUT2D eigenvalue weighted by molar-refractivity contribution is 7.99. The molecule has 3 unspecified atom stereocenters. The van der Waals surface area contributed by atoms with Crippen molar-refractivity contribution in [3.8, 4) is 6.07 Å². The van der Waals surface area contributed by atoms with Gasteiger partial charge in [0, 0.05) is 49.4 Å². The maximum Gasteiger partial charge on any atom is 0.209 e. The number of nitrogens with zero attached hydrogens (tertiary/aromatic N) is 7. The van der Waals surface area contributed by atoms with E-state index in [9.17, 15) is 9.18 Å². The van der Waals surface area contributed by atoms with Gasteiger partial charge in [-0.05, 0) is 60.1 Å². The standard InChI is InChI=1S/C16H18FN3OS.C10H13N5/c1-11-13(2-3-15(17)14(11)6-18)16-8-20-5-4-19(10-21)7-12(20)9-22-16;1-7-2-3-8-4-10(12-5-9(7)8)13-6-14-15-11/h2-3,10,12,16H,4-5,7-9H2,1H3;4-7H,2-3H2,1H3,(H2,11,12,13,14). The van der Waals surface area contributed by atoms with Gasteiger partial charge < -0.3 is 10.7 Å². The van der Waals surface area contributed by atoms with Gasteiger partial charge in [0.05, 0.1) is 5.56 Å². The van der Waals surface area contributed by atoms with Crippen molar-refractivity contribution in [2.24, 2.45) is 21.2 Å². The molecule has 1 aliphatic carbocycles. The summed E-state index contributed by atoms with van der Waals surface area (Å²) in [7, 11) is 0. The Morgan fingerprint density at radius 3 is 2.89 bits per heavy atom. The monoisotopic (exact) mass is 522 g/mol. The first-order chi connectivity index (χ1) is 17.9. The lowest BCUT2D eigenvalue weighted by Crippen LogP contribution is -2.56. The largest absolute Gasteiger partial charge is 0.342 e. The Hall–Kier alpha value is -3.36. The minimum absolute atomic E-state index is 0.158. The number of amides is 1. The average molecular weight is 523 g/mol. The molecule has 3 aliphatic rings. The number of nitriles is 1. The number of carbonyl (C=O) groups excluding carboxylic acids is 1. The number of rotatable bonds is 4. The van der Waals surface area contributed by atoms with Crippen LogP contribution in [0, 0.1) is 24.1 Å². The van der Waals surface area contributed by atoms with Gasteiger partial charge in [-0.15, -0.1) is 5.11 Å². The maximum absolute atomic E-state index is 13.7. The second-order valence-corrected chi connectivity index (χ2v) is 10.7. The number of thioether (sulfide) groups is 1. The number of fused-ring (bicyclic) bond motifs is 2. The van der Waals surface area contributed by atoms with E-state index in [2.05, 4.69) is 32.1 Å². The van der Waals surface area contributed by atoms with E-state index in [0.717, 1.165) is 55.9 Å². The molecule has 2 fully saturated rings. The maximum atomic E-state index is 13.7. The molecule has 0 radical (unpaired) electrons. The molecule has 2 N–H and O–H groups in total. The Balaban J connectivity index is 0.000000186. The van der Waals surface area contributed by atoms with Gasteiger partial charge in [0.15, 0.2) is 5.82 Å². The molecule has 1 amide bonds. The van der Waals surface area contributed by atoms with Crippen LogP contribution in [0.15, 0.2) is 39.7 Å². The molecule has 0 spiro atoms. The van der Waals surface area contributed by atoms with E-state index in [1.54, 1.807) is 0 Å². The minimum Gasteiger partial charge on any atom is -0.342 e. The second-order valence-electron chi connectivity index (χ2n) is 9.48. The SMILES string of the molecule is CC1CCc2cc(N=CN=NN)ncc21.Cc1c(C2CN3CCN(C=O)CC3CS2)ccc(F)c1C#N. The molecule has 0 bridgehead atoms. The number of aromatic nitrogens is 1. The van der Waals surface area contributed by atoms with E-state index in [1.165, 1.54) is 30.0 Å². The zero-order valence-electron chi connectivity index (χ0n) is 21.0. The first kappa shape index (κ1) is 26.7. The number of benzene rings is 1. The molecule has 1 aromatic heterocycles. The number of hydrogen-bond acceptors (Lipinski definition) is 7. The molecule has 3 atom stereocenters. The summed E-state index contributed by atoms with van der Waals surface area (Å²) in [5.41, 5.74) is 4.65. The average Bonchev–Trinajstić information content (AvgIpc) is 3.29. The third-order valence-electron chi connectivity index (χ3n) is 7.29. The van der Waals surface area contributed by atoms with Crippen LogP contribution in [0.25, 0.3) is 0 Å². The summed E-state index contributed by atoms with van der Waals surface area (Å²) in [6.45, 7) is 7.37. The van der Waals surface area contributed by atoms with E-state index in [0.29, 0.717) is 17.8 Å². The number of carbonyl (C=O) groups is 1. The smallest absolute Gasteiger partial charge is 0.209 e. The molecule has 11 heteroatoms. The van der Waals surface area contributed by atoms with Crippen molar-refractivity contribution in [3.05, 3.63) is 58.0 Å². The second kappa shape index (κ2) is 12.3. The summed E-state index contributed by atoms with van der Waals surface area (Å²) in [4.78, 5) is 23.4. The Bertz CT molecular complexity index is 1230. The van der Waals surface area contributed by atoms with Crippen LogP contribution in [0.3, 0.4) is 0 Å². The molecule has 2 saturated heterocycles. The van der Waals surface area contributed by atoms with Crippen molar-refractivity contribution in [2.75, 3.05) is 31.9 Å². The van der Waals surface area contributed by atoms with Crippen molar-refractivity contribution in [3.63, 3.8) is 0 Å². The number of aryl methyl sites for hydroxylation is 1. The normalized spacial score (nSPS) is 23.3. The Kier molecular flexibility index (Phi) is 8.84. The lowest BCUT2D eigenvalue weighted by Gasteiger charge is -2.45. The molecule has 194 valence electrons. The lowest BCUT2D eigenvalue weighted by atomic mass is 9.99. The molecule has 37 heavy (non-hydrogen) atoms. The van der Waals surface area contributed by atoms with E-state index in [-0.39, 0.29) is 10.8 Å². The fraction of sp³-hybridized carbons (Fsp3) is 0.462. The minimum atomic E-state index is -0.443. The van der Waals surface area contributed by atoms with Gasteiger partial charge in [-0.25, -0.2) is 14.4 Å². The van der Waals surface area contributed by atoms with Gasteiger partial charge in [0.25, 0.3) is 0 Å². The van der Waals surface area contributed by atoms with Crippen LogP contribution in [0.4, 0.5) is 10.2 Å². The first-order valence-corrected chi connectivity index (χ1v) is 13.4. The summed E-state index contributed by atoms with van der Waals surface area (Å²) in [6, 6.07) is 7.58. The summed E-state index contributed by atoms with van der Waals surface area (Å²) in [5, 5.41) is 15.9. The molecule has 9 nitrogen and oxygen atoms in total. The number of nitrogens with two attached hydrogens (primary N) is 1. The van der Waals surface area contributed by atoms with Crippen molar-refractivity contribution in [2.45, 2.75) is 43.9 Å². The van der Waals surface area contributed by atoms with E-state index >= 15 is 0 Å². The van der Waals surface area contributed by atoms with Gasteiger partial charge >= 0.3 is 0 Å². The highest BCUT2D eigenvalue weighted by atomic mass is 32.2. The Labute approximate surface area is 220 Å². The van der Waals surface area contributed by atoms with Gasteiger partial charge in [-0.3, -0.25) is 9.69 Å². The summed E-state index contributed by atoms with van der Waals surface area (Å²) in [6.07, 6.45) is 6.44. The molecular weight excluding hydrogens is 491 g/mol. The van der Waals surface area contributed by atoms with Gasteiger partial charge in [0.2, 0.25) is 6.41 Å². The predicted octanol–water partition coefficient (Wildman–Crippen LogP) is 4.05. The highest BCUT2D eigenvalue weighted by Crippen LogP contribution is 2.39. The molecule has 1 aromatic carbocycles. The quantitative estimate of drug-likeness (QED) is 0.161. The fourth-order valence-electron chi connectivity index (χ4n) is 5.14. The van der Waals surface area contributed by atoms with Gasteiger partial charge in [-0.1, -0.05) is 18.2 Å². The number of hydrogen-bond donors (Lipinski definition) is 1. The number of aliphatic imine (C=N–C) groups is 1. The van der Waals surface area contributed by atoms with Crippen molar-refractivity contribution < 1.29 is 9.18 Å². The third-order valence-corrected chi connectivity index (χ3v) is 8.67. The van der Waals surface area contributed by atoms with Crippen molar-refractivity contribution in [1.82, 2.24) is 14.8 Å². The molecule has 5 rings (SSSR count). The lowest BCUT2D eigenvalue weighted by molar-refractivity contribution is -0.120.